The fourth-order valence-corrected chi connectivity index (χ4v) is 5.23. The van der Waals surface area contributed by atoms with Crippen LogP contribution in [-0.4, -0.2) is 70.9 Å². The zero-order valence-electron chi connectivity index (χ0n) is 16.9. The lowest BCUT2D eigenvalue weighted by Crippen LogP contribution is -2.66. The Morgan fingerprint density at radius 3 is 2.50 bits per heavy atom. The van der Waals surface area contributed by atoms with Crippen molar-refractivity contribution in [1.29, 1.82) is 0 Å². The third kappa shape index (κ3) is 3.14. The van der Waals surface area contributed by atoms with Gasteiger partial charge in [-0.2, -0.15) is 0 Å². The molecule has 7 heteroatoms. The van der Waals surface area contributed by atoms with Gasteiger partial charge >= 0.3 is 5.97 Å². The Balaban J connectivity index is 1.64. The van der Waals surface area contributed by atoms with Crippen molar-refractivity contribution in [2.45, 2.75) is 51.1 Å². The predicted molar refractivity (Wildman–Crippen MR) is 112 cm³/mol. The first-order valence-corrected chi connectivity index (χ1v) is 10.4. The van der Waals surface area contributed by atoms with Gasteiger partial charge in [-0.1, -0.05) is 26.0 Å². The number of nitrogens with zero attached hydrogens (tertiary/aromatic N) is 3. The van der Waals surface area contributed by atoms with E-state index in [0.29, 0.717) is 18.9 Å². The number of carbonyl (C=O) groups excluding carboxylic acids is 1. The second-order valence-corrected chi connectivity index (χ2v) is 9.17. The van der Waals surface area contributed by atoms with Crippen LogP contribution in [0.4, 0.5) is 5.69 Å². The molecule has 1 N–H and O–H groups in total. The van der Waals surface area contributed by atoms with Crippen molar-refractivity contribution >= 4 is 29.0 Å². The maximum atomic E-state index is 12.4. The molecule has 0 aromatic heterocycles. The summed E-state index contributed by atoms with van der Waals surface area (Å²) in [7, 11) is 4.04. The van der Waals surface area contributed by atoms with E-state index in [1.165, 1.54) is 0 Å². The van der Waals surface area contributed by atoms with Gasteiger partial charge in [-0.25, -0.2) is 0 Å². The number of hydrogen-bond acceptors (Lipinski definition) is 5. The van der Waals surface area contributed by atoms with E-state index in [9.17, 15) is 9.90 Å². The highest BCUT2D eigenvalue weighted by molar-refractivity contribution is 7.80. The van der Waals surface area contributed by atoms with Gasteiger partial charge in [0, 0.05) is 32.9 Å². The van der Waals surface area contributed by atoms with Crippen LogP contribution in [0.15, 0.2) is 24.3 Å². The molecule has 4 aliphatic rings. The summed E-state index contributed by atoms with van der Waals surface area (Å²) in [5.74, 6) is -0.0765. The van der Waals surface area contributed by atoms with E-state index in [4.69, 9.17) is 17.0 Å². The zero-order chi connectivity index (χ0) is 20.2. The van der Waals surface area contributed by atoms with E-state index in [-0.39, 0.29) is 24.0 Å². The smallest absolute Gasteiger partial charge is 0.311 e. The van der Waals surface area contributed by atoms with Gasteiger partial charge in [-0.15, -0.1) is 0 Å². The van der Waals surface area contributed by atoms with E-state index < -0.39 is 12.2 Å². The number of ether oxygens (including phenoxy) is 1. The van der Waals surface area contributed by atoms with Crippen LogP contribution in [0, 0.1) is 11.8 Å². The number of carbonyl (C=O) groups is 1. The molecule has 0 amide bonds. The molecule has 1 aromatic rings. The molecule has 0 spiro atoms. The highest BCUT2D eigenvalue weighted by atomic mass is 32.1. The van der Waals surface area contributed by atoms with Crippen molar-refractivity contribution < 1.29 is 14.6 Å². The van der Waals surface area contributed by atoms with Crippen LogP contribution in [0.2, 0.25) is 0 Å². The van der Waals surface area contributed by atoms with Crippen LogP contribution in [0.25, 0.3) is 0 Å². The summed E-state index contributed by atoms with van der Waals surface area (Å²) in [6, 6.07) is 8.32. The summed E-state index contributed by atoms with van der Waals surface area (Å²) in [4.78, 5) is 18.9. The second kappa shape index (κ2) is 7.19. The van der Waals surface area contributed by atoms with E-state index in [2.05, 4.69) is 52.8 Å². The standard InChI is InChI=1S/C21H29N3O3S/c1-12(2)10-23-17-15-9-16(25)19(27-20(15)26)18(17)24(21(23)28)11-13-5-7-14(8-6-13)22(3)4/h5-8,12,15-19,25H,9-11H2,1-4H3/t15-,16+,17+,18+,19-/m0/s1. The maximum absolute atomic E-state index is 12.4. The topological polar surface area (TPSA) is 56.2 Å². The lowest BCUT2D eigenvalue weighted by molar-refractivity contribution is -0.199. The molecule has 1 aliphatic carbocycles. The minimum Gasteiger partial charge on any atom is -0.457 e. The predicted octanol–water partition coefficient (Wildman–Crippen LogP) is 1.85. The summed E-state index contributed by atoms with van der Waals surface area (Å²) in [6.07, 6.45) is -0.671. The van der Waals surface area contributed by atoms with Crippen molar-refractivity contribution in [3.63, 3.8) is 0 Å². The largest absolute Gasteiger partial charge is 0.457 e. The van der Waals surface area contributed by atoms with Gasteiger partial charge in [-0.05, 0) is 42.3 Å². The number of thiocarbonyl (C=S) groups is 1. The third-order valence-electron chi connectivity index (χ3n) is 6.11. The number of anilines is 1. The minimum absolute atomic E-state index is 0.00871. The van der Waals surface area contributed by atoms with E-state index >= 15 is 0 Å². The molecule has 3 aliphatic heterocycles. The van der Waals surface area contributed by atoms with Gasteiger partial charge in [-0.3, -0.25) is 4.79 Å². The van der Waals surface area contributed by atoms with Crippen LogP contribution in [0.5, 0.6) is 0 Å². The molecular formula is C21H29N3O3S. The SMILES string of the molecule is CC(C)CN1C(=S)N(Cc2ccc(N(C)C)cc2)[C@H]2[C@H]3OC(=O)[C@@H](C[C@H]3O)[C@H]21. The molecule has 6 nitrogen and oxygen atoms in total. The van der Waals surface area contributed by atoms with Crippen LogP contribution >= 0.6 is 12.2 Å². The quantitative estimate of drug-likeness (QED) is 0.595. The molecule has 1 aromatic carbocycles. The molecule has 2 bridgehead atoms. The number of aliphatic hydroxyl groups excluding tert-OH is 1. The van der Waals surface area contributed by atoms with Gasteiger partial charge in [0.05, 0.1) is 24.1 Å². The fraction of sp³-hybridized carbons (Fsp3) is 0.619. The molecule has 28 heavy (non-hydrogen) atoms. The minimum atomic E-state index is -0.621. The Morgan fingerprint density at radius 1 is 1.21 bits per heavy atom. The lowest BCUT2D eigenvalue weighted by Gasteiger charge is -2.49. The average molecular weight is 404 g/mol. The molecule has 3 heterocycles. The first-order chi connectivity index (χ1) is 13.3. The zero-order valence-corrected chi connectivity index (χ0v) is 17.7. The Hall–Kier alpha value is -1.86. The first kappa shape index (κ1) is 19.5. The summed E-state index contributed by atoms with van der Waals surface area (Å²) in [6.45, 7) is 5.78. The molecule has 3 saturated heterocycles. The summed E-state index contributed by atoms with van der Waals surface area (Å²) >= 11 is 5.87. The molecule has 5 atom stereocenters. The Labute approximate surface area is 172 Å². The average Bonchev–Trinajstić information content (AvgIpc) is 2.90. The van der Waals surface area contributed by atoms with Crippen LogP contribution in [0.3, 0.4) is 0 Å². The van der Waals surface area contributed by atoms with E-state index in [1.54, 1.807) is 0 Å². The van der Waals surface area contributed by atoms with Crippen molar-refractivity contribution in [1.82, 2.24) is 9.80 Å². The molecule has 5 rings (SSSR count). The highest BCUT2D eigenvalue weighted by Gasteiger charge is 2.62. The number of rotatable bonds is 5. The van der Waals surface area contributed by atoms with Crippen LogP contribution in [-0.2, 0) is 16.1 Å². The molecule has 4 fully saturated rings. The first-order valence-electron chi connectivity index (χ1n) is 10.00. The number of hydrogen-bond donors (Lipinski definition) is 1. The normalized spacial score (nSPS) is 31.4. The number of aliphatic hydroxyl groups is 1. The Morgan fingerprint density at radius 2 is 1.89 bits per heavy atom. The fourth-order valence-electron chi connectivity index (χ4n) is 4.84. The van der Waals surface area contributed by atoms with Crippen molar-refractivity contribution in [3.8, 4) is 0 Å². The summed E-state index contributed by atoms with van der Waals surface area (Å²) < 4.78 is 5.61. The Kier molecular flexibility index (Phi) is 5.00. The molecule has 1 saturated carbocycles. The van der Waals surface area contributed by atoms with Gasteiger partial charge < -0.3 is 24.5 Å². The number of fused-ring (bicyclic) bond motifs is 2. The van der Waals surface area contributed by atoms with Crippen LogP contribution < -0.4 is 4.90 Å². The molecular weight excluding hydrogens is 374 g/mol. The van der Waals surface area contributed by atoms with Gasteiger partial charge in [0.25, 0.3) is 0 Å². The molecule has 0 radical (unpaired) electrons. The number of esters is 1. The van der Waals surface area contributed by atoms with Crippen LogP contribution in [0.1, 0.15) is 25.8 Å². The van der Waals surface area contributed by atoms with Gasteiger partial charge in [0.1, 0.15) is 6.10 Å². The van der Waals surface area contributed by atoms with E-state index in [0.717, 1.165) is 22.9 Å². The molecule has 0 unspecified atom stereocenters. The van der Waals surface area contributed by atoms with Crippen molar-refractivity contribution in [2.75, 3.05) is 25.5 Å². The van der Waals surface area contributed by atoms with Gasteiger partial charge in [0.15, 0.2) is 5.11 Å². The highest BCUT2D eigenvalue weighted by Crippen LogP contribution is 2.44. The van der Waals surface area contributed by atoms with Crippen molar-refractivity contribution in [3.05, 3.63) is 29.8 Å². The third-order valence-corrected chi connectivity index (χ3v) is 6.58. The van der Waals surface area contributed by atoms with Gasteiger partial charge in [0.2, 0.25) is 0 Å². The summed E-state index contributed by atoms with van der Waals surface area (Å²) in [5, 5.41) is 11.3. The maximum Gasteiger partial charge on any atom is 0.311 e. The second-order valence-electron chi connectivity index (χ2n) is 8.81. The number of benzene rings is 1. The monoisotopic (exact) mass is 403 g/mol. The Bertz CT molecular complexity index is 767. The molecule has 152 valence electrons. The summed E-state index contributed by atoms with van der Waals surface area (Å²) in [5.41, 5.74) is 2.30. The lowest BCUT2D eigenvalue weighted by atomic mass is 9.74. The van der Waals surface area contributed by atoms with Crippen molar-refractivity contribution in [2.24, 2.45) is 11.8 Å². The van der Waals surface area contributed by atoms with E-state index in [1.807, 2.05) is 14.1 Å².